The Morgan fingerprint density at radius 1 is 1.28 bits per heavy atom. The number of carboxylic acids is 1. The Bertz CT molecular complexity index is 1110. The Labute approximate surface area is 141 Å². The van der Waals surface area contributed by atoms with Crippen molar-refractivity contribution in [2.45, 2.75) is 19.9 Å². The van der Waals surface area contributed by atoms with Gasteiger partial charge in [-0.1, -0.05) is 6.92 Å². The van der Waals surface area contributed by atoms with Gasteiger partial charge in [-0.25, -0.2) is 14.2 Å². The summed E-state index contributed by atoms with van der Waals surface area (Å²) < 4.78 is 15.6. The van der Waals surface area contributed by atoms with Crippen LogP contribution in [0, 0.1) is 5.82 Å². The largest absolute Gasteiger partial charge is 0.478 e. The van der Waals surface area contributed by atoms with Gasteiger partial charge in [-0.2, -0.15) is 5.10 Å². The predicted octanol–water partition coefficient (Wildman–Crippen LogP) is 3.83. The Balaban J connectivity index is 1.96. The Morgan fingerprint density at radius 3 is 2.88 bits per heavy atom. The lowest BCUT2D eigenvalue weighted by Crippen LogP contribution is -2.00. The number of H-pyrrole nitrogens is 1. The second-order valence-electron chi connectivity index (χ2n) is 5.86. The van der Waals surface area contributed by atoms with E-state index in [1.165, 1.54) is 18.2 Å². The molecule has 2 N–H and O–H groups in total. The summed E-state index contributed by atoms with van der Waals surface area (Å²) in [4.78, 5) is 15.7. The molecule has 0 radical (unpaired) electrons. The highest BCUT2D eigenvalue weighted by molar-refractivity contribution is 5.98. The zero-order chi connectivity index (χ0) is 17.6. The van der Waals surface area contributed by atoms with Crippen LogP contribution in [0.3, 0.4) is 0 Å². The maximum absolute atomic E-state index is 13.7. The molecule has 0 spiro atoms. The summed E-state index contributed by atoms with van der Waals surface area (Å²) >= 11 is 0. The number of fused-ring (bicyclic) bond motifs is 2. The SMILES string of the molecule is CCCn1c(-c2n[nH]c3cc(C(=O)O)ccc23)nc2ccc(F)cc21. The van der Waals surface area contributed by atoms with Crippen molar-refractivity contribution < 1.29 is 14.3 Å². The second kappa shape index (κ2) is 5.70. The van der Waals surface area contributed by atoms with Gasteiger partial charge in [-0.3, -0.25) is 5.10 Å². The van der Waals surface area contributed by atoms with Gasteiger partial charge in [0.2, 0.25) is 0 Å². The van der Waals surface area contributed by atoms with Crippen LogP contribution in [-0.2, 0) is 6.54 Å². The number of benzene rings is 2. The van der Waals surface area contributed by atoms with Crippen LogP contribution < -0.4 is 0 Å². The van der Waals surface area contributed by atoms with E-state index in [1.807, 2.05) is 11.5 Å². The molecule has 0 amide bonds. The first kappa shape index (κ1) is 15.3. The zero-order valence-electron chi connectivity index (χ0n) is 13.5. The number of carbonyl (C=O) groups is 1. The molecule has 0 fully saturated rings. The molecule has 2 aromatic carbocycles. The maximum atomic E-state index is 13.7. The third kappa shape index (κ3) is 2.44. The van der Waals surface area contributed by atoms with Crippen molar-refractivity contribution in [3.63, 3.8) is 0 Å². The number of hydrogen-bond donors (Lipinski definition) is 2. The normalized spacial score (nSPS) is 11.4. The molecule has 0 aliphatic heterocycles. The number of aromatic carboxylic acids is 1. The first-order chi connectivity index (χ1) is 12.1. The quantitative estimate of drug-likeness (QED) is 0.592. The monoisotopic (exact) mass is 338 g/mol. The number of aromatic amines is 1. The lowest BCUT2D eigenvalue weighted by Gasteiger charge is -2.06. The van der Waals surface area contributed by atoms with Crippen molar-refractivity contribution in [3.05, 3.63) is 47.8 Å². The molecule has 0 aliphatic rings. The van der Waals surface area contributed by atoms with E-state index in [9.17, 15) is 9.18 Å². The van der Waals surface area contributed by atoms with Crippen LogP contribution in [0.2, 0.25) is 0 Å². The molecule has 0 saturated carbocycles. The van der Waals surface area contributed by atoms with Crippen LogP contribution in [0.4, 0.5) is 4.39 Å². The van der Waals surface area contributed by atoms with Gasteiger partial charge in [0.05, 0.1) is 22.1 Å². The Hall–Kier alpha value is -3.22. The van der Waals surface area contributed by atoms with Crippen molar-refractivity contribution in [3.8, 4) is 11.5 Å². The fourth-order valence-corrected chi connectivity index (χ4v) is 3.05. The molecule has 7 heteroatoms. The van der Waals surface area contributed by atoms with Crippen molar-refractivity contribution in [1.82, 2.24) is 19.7 Å². The number of imidazole rings is 1. The number of rotatable bonds is 4. The van der Waals surface area contributed by atoms with Gasteiger partial charge in [0.25, 0.3) is 0 Å². The molecule has 4 rings (SSSR count). The first-order valence-electron chi connectivity index (χ1n) is 7.96. The summed E-state index contributed by atoms with van der Waals surface area (Å²) in [5, 5.41) is 17.1. The molecule has 4 aromatic rings. The number of nitrogens with zero attached hydrogens (tertiary/aromatic N) is 3. The Kier molecular flexibility index (Phi) is 3.49. The zero-order valence-corrected chi connectivity index (χ0v) is 13.5. The Morgan fingerprint density at radius 2 is 2.12 bits per heavy atom. The predicted molar refractivity (Wildman–Crippen MR) is 92.0 cm³/mol. The average Bonchev–Trinajstić information content (AvgIpc) is 3.16. The minimum atomic E-state index is -0.994. The van der Waals surface area contributed by atoms with E-state index in [2.05, 4.69) is 15.2 Å². The molecule has 0 bridgehead atoms. The van der Waals surface area contributed by atoms with Gasteiger partial charge in [-0.15, -0.1) is 0 Å². The molecule has 2 aromatic heterocycles. The van der Waals surface area contributed by atoms with Crippen LogP contribution >= 0.6 is 0 Å². The standard InChI is InChI=1S/C18H15FN4O2/c1-2-7-23-15-9-11(19)4-6-13(15)20-17(23)16-12-5-3-10(18(24)25)8-14(12)21-22-16/h3-6,8-9H,2,7H2,1H3,(H,21,22)(H,24,25). The van der Waals surface area contributed by atoms with Crippen LogP contribution in [0.15, 0.2) is 36.4 Å². The van der Waals surface area contributed by atoms with Crippen molar-refractivity contribution in [1.29, 1.82) is 0 Å². The molecule has 6 nitrogen and oxygen atoms in total. The van der Waals surface area contributed by atoms with E-state index in [-0.39, 0.29) is 11.4 Å². The highest BCUT2D eigenvalue weighted by atomic mass is 19.1. The van der Waals surface area contributed by atoms with Gasteiger partial charge >= 0.3 is 5.97 Å². The van der Waals surface area contributed by atoms with Crippen LogP contribution in [0.1, 0.15) is 23.7 Å². The lowest BCUT2D eigenvalue weighted by molar-refractivity contribution is 0.0697. The minimum absolute atomic E-state index is 0.187. The third-order valence-electron chi connectivity index (χ3n) is 4.18. The summed E-state index contributed by atoms with van der Waals surface area (Å²) in [5.41, 5.74) is 2.85. The van der Waals surface area contributed by atoms with Gasteiger partial charge in [0.15, 0.2) is 5.82 Å². The van der Waals surface area contributed by atoms with Gasteiger partial charge in [0, 0.05) is 11.9 Å². The summed E-state index contributed by atoms with van der Waals surface area (Å²) in [6.07, 6.45) is 0.862. The van der Waals surface area contributed by atoms with Crippen LogP contribution in [0.25, 0.3) is 33.5 Å². The fraction of sp³-hybridized carbons (Fsp3) is 0.167. The molecule has 0 aliphatic carbocycles. The van der Waals surface area contributed by atoms with Crippen molar-refractivity contribution in [2.24, 2.45) is 0 Å². The minimum Gasteiger partial charge on any atom is -0.478 e. The topological polar surface area (TPSA) is 83.8 Å². The molecular weight excluding hydrogens is 323 g/mol. The molecule has 0 unspecified atom stereocenters. The van der Waals surface area contributed by atoms with E-state index in [4.69, 9.17) is 5.11 Å². The number of hydrogen-bond acceptors (Lipinski definition) is 3. The molecule has 0 saturated heterocycles. The first-order valence-corrected chi connectivity index (χ1v) is 7.96. The van der Waals surface area contributed by atoms with E-state index in [0.717, 1.165) is 17.3 Å². The van der Waals surface area contributed by atoms with Crippen molar-refractivity contribution >= 4 is 27.9 Å². The van der Waals surface area contributed by atoms with Crippen LogP contribution in [0.5, 0.6) is 0 Å². The number of aromatic nitrogens is 4. The number of nitrogens with one attached hydrogen (secondary N) is 1. The lowest BCUT2D eigenvalue weighted by atomic mass is 10.1. The number of halogens is 1. The fourth-order valence-electron chi connectivity index (χ4n) is 3.05. The van der Waals surface area contributed by atoms with E-state index < -0.39 is 5.97 Å². The summed E-state index contributed by atoms with van der Waals surface area (Å²) in [6.45, 7) is 2.72. The summed E-state index contributed by atoms with van der Waals surface area (Å²) in [6, 6.07) is 9.30. The smallest absolute Gasteiger partial charge is 0.335 e. The van der Waals surface area contributed by atoms with Gasteiger partial charge in [0.1, 0.15) is 11.5 Å². The molecule has 0 atom stereocenters. The number of carboxylic acid groups (broad SMARTS) is 1. The highest BCUT2D eigenvalue weighted by Gasteiger charge is 2.18. The maximum Gasteiger partial charge on any atom is 0.335 e. The molecule has 126 valence electrons. The average molecular weight is 338 g/mol. The van der Waals surface area contributed by atoms with E-state index in [1.54, 1.807) is 18.2 Å². The van der Waals surface area contributed by atoms with Crippen molar-refractivity contribution in [2.75, 3.05) is 0 Å². The van der Waals surface area contributed by atoms with Crippen LogP contribution in [-0.4, -0.2) is 30.8 Å². The van der Waals surface area contributed by atoms with E-state index in [0.29, 0.717) is 29.1 Å². The summed E-state index contributed by atoms with van der Waals surface area (Å²) in [5.74, 6) is -0.669. The highest BCUT2D eigenvalue weighted by Crippen LogP contribution is 2.30. The summed E-state index contributed by atoms with van der Waals surface area (Å²) in [7, 11) is 0. The molecular formula is C18H15FN4O2. The van der Waals surface area contributed by atoms with Gasteiger partial charge in [-0.05, 0) is 42.8 Å². The molecule has 25 heavy (non-hydrogen) atoms. The second-order valence-corrected chi connectivity index (χ2v) is 5.86. The third-order valence-corrected chi connectivity index (χ3v) is 4.18. The number of aryl methyl sites for hydroxylation is 1. The molecule has 2 heterocycles. The van der Waals surface area contributed by atoms with E-state index >= 15 is 0 Å². The van der Waals surface area contributed by atoms with Gasteiger partial charge < -0.3 is 9.67 Å².